The molecule has 0 amide bonds. The van der Waals surface area contributed by atoms with E-state index in [9.17, 15) is 10.1 Å². The zero-order valence-corrected chi connectivity index (χ0v) is 17.7. The number of hydrogen-bond donors (Lipinski definition) is 0. The zero-order valence-electron chi connectivity index (χ0n) is 16.9. The van der Waals surface area contributed by atoms with Crippen molar-refractivity contribution < 1.29 is 9.66 Å². The van der Waals surface area contributed by atoms with Gasteiger partial charge in [0, 0.05) is 43.7 Å². The average molecular weight is 425 g/mol. The molecule has 1 aliphatic heterocycles. The van der Waals surface area contributed by atoms with Gasteiger partial charge in [-0.15, -0.1) is 11.3 Å². The quantitative estimate of drug-likeness (QED) is 0.443. The highest BCUT2D eigenvalue weighted by Crippen LogP contribution is 2.24. The Morgan fingerprint density at radius 1 is 1.13 bits per heavy atom. The lowest BCUT2D eigenvalue weighted by molar-refractivity contribution is -0.384. The topological polar surface area (TPSA) is 72.9 Å². The zero-order chi connectivity index (χ0) is 20.9. The van der Waals surface area contributed by atoms with Crippen molar-refractivity contribution in [2.24, 2.45) is 4.99 Å². The standard InChI is InChI=1S/C22H24N4O3S/c1-17-3-2-4-19(15-17)23-22-25(10-9-24-11-13-29-14-12-24)21(16-30-22)18-5-7-20(8-6-18)26(27)28/h2-8,15-16H,9-14H2,1H3. The maximum absolute atomic E-state index is 11.0. The van der Waals surface area contributed by atoms with Gasteiger partial charge >= 0.3 is 0 Å². The number of ether oxygens (including phenoxy) is 1. The molecule has 0 N–H and O–H groups in total. The van der Waals surface area contributed by atoms with Crippen molar-refractivity contribution in [3.05, 3.63) is 74.4 Å². The van der Waals surface area contributed by atoms with Gasteiger partial charge in [0.05, 0.1) is 29.5 Å². The van der Waals surface area contributed by atoms with Crippen molar-refractivity contribution >= 4 is 22.7 Å². The summed E-state index contributed by atoms with van der Waals surface area (Å²) in [5.41, 5.74) is 4.16. The van der Waals surface area contributed by atoms with Gasteiger partial charge in [-0.2, -0.15) is 0 Å². The van der Waals surface area contributed by atoms with E-state index in [0.717, 1.165) is 61.1 Å². The number of hydrogen-bond acceptors (Lipinski definition) is 6. The summed E-state index contributed by atoms with van der Waals surface area (Å²) in [5.74, 6) is 0. The van der Waals surface area contributed by atoms with Gasteiger partial charge < -0.3 is 9.30 Å². The lowest BCUT2D eigenvalue weighted by Gasteiger charge is -2.26. The number of benzene rings is 2. The van der Waals surface area contributed by atoms with E-state index < -0.39 is 0 Å². The van der Waals surface area contributed by atoms with Gasteiger partial charge in [0.25, 0.3) is 5.69 Å². The Morgan fingerprint density at radius 2 is 1.90 bits per heavy atom. The molecule has 0 aliphatic carbocycles. The van der Waals surface area contributed by atoms with Crippen LogP contribution >= 0.6 is 11.3 Å². The average Bonchev–Trinajstić information content (AvgIpc) is 3.15. The number of nitrogens with zero attached hydrogens (tertiary/aromatic N) is 4. The molecule has 0 bridgehead atoms. The van der Waals surface area contributed by atoms with Crippen molar-refractivity contribution in [1.29, 1.82) is 0 Å². The molecule has 0 atom stereocenters. The van der Waals surface area contributed by atoms with Crippen LogP contribution in [0.5, 0.6) is 0 Å². The van der Waals surface area contributed by atoms with Crippen LogP contribution in [0.15, 0.2) is 58.9 Å². The molecule has 0 saturated carbocycles. The fourth-order valence-corrected chi connectivity index (χ4v) is 4.45. The third kappa shape index (κ3) is 4.84. The Bertz CT molecular complexity index is 1080. The molecule has 2 aromatic carbocycles. The fraction of sp³-hybridized carbons (Fsp3) is 0.318. The molecular weight excluding hydrogens is 400 g/mol. The molecule has 4 rings (SSSR count). The highest BCUT2D eigenvalue weighted by atomic mass is 32.1. The Hall–Kier alpha value is -2.81. The SMILES string of the molecule is Cc1cccc(N=c2scc(-c3ccc([N+](=O)[O-])cc3)n2CCN2CCOCC2)c1. The van der Waals surface area contributed by atoms with E-state index >= 15 is 0 Å². The number of aromatic nitrogens is 1. The number of morpholine rings is 1. The van der Waals surface area contributed by atoms with Gasteiger partial charge in [-0.05, 0) is 42.3 Å². The molecule has 1 saturated heterocycles. The van der Waals surface area contributed by atoms with Gasteiger partial charge in [-0.25, -0.2) is 4.99 Å². The second-order valence-corrected chi connectivity index (χ2v) is 8.10. The summed E-state index contributed by atoms with van der Waals surface area (Å²) >= 11 is 1.59. The van der Waals surface area contributed by atoms with Crippen LogP contribution in [0.4, 0.5) is 11.4 Å². The lowest BCUT2D eigenvalue weighted by atomic mass is 10.1. The van der Waals surface area contributed by atoms with E-state index in [-0.39, 0.29) is 10.6 Å². The van der Waals surface area contributed by atoms with Crippen molar-refractivity contribution in [1.82, 2.24) is 9.47 Å². The van der Waals surface area contributed by atoms with E-state index in [1.54, 1.807) is 23.5 Å². The van der Waals surface area contributed by atoms with Crippen molar-refractivity contribution in [3.63, 3.8) is 0 Å². The summed E-state index contributed by atoms with van der Waals surface area (Å²) in [5, 5.41) is 13.1. The third-order valence-electron chi connectivity index (χ3n) is 5.14. The van der Waals surface area contributed by atoms with Crippen molar-refractivity contribution in [2.75, 3.05) is 32.8 Å². The van der Waals surface area contributed by atoms with Crippen LogP contribution in [0.3, 0.4) is 0 Å². The highest BCUT2D eigenvalue weighted by Gasteiger charge is 2.14. The normalized spacial score (nSPS) is 15.4. The second-order valence-electron chi connectivity index (χ2n) is 7.26. The van der Waals surface area contributed by atoms with Gasteiger partial charge in [0.2, 0.25) is 0 Å². The maximum Gasteiger partial charge on any atom is 0.269 e. The molecule has 1 fully saturated rings. The molecule has 1 aromatic heterocycles. The Labute approximate surface area is 179 Å². The minimum absolute atomic E-state index is 0.0959. The summed E-state index contributed by atoms with van der Waals surface area (Å²) in [6.45, 7) is 7.15. The predicted molar refractivity (Wildman–Crippen MR) is 118 cm³/mol. The van der Waals surface area contributed by atoms with Crippen LogP contribution in [0.1, 0.15) is 5.56 Å². The van der Waals surface area contributed by atoms with E-state index in [2.05, 4.69) is 33.9 Å². The highest BCUT2D eigenvalue weighted by molar-refractivity contribution is 7.07. The monoisotopic (exact) mass is 424 g/mol. The minimum atomic E-state index is -0.373. The molecule has 7 nitrogen and oxygen atoms in total. The first-order chi connectivity index (χ1) is 14.6. The number of thiazole rings is 1. The Balaban J connectivity index is 1.70. The molecule has 0 unspecified atom stereocenters. The molecule has 2 heterocycles. The summed E-state index contributed by atoms with van der Waals surface area (Å²) in [6, 6.07) is 14.9. The van der Waals surface area contributed by atoms with E-state index in [1.165, 1.54) is 5.56 Å². The number of non-ortho nitro benzene ring substituents is 1. The van der Waals surface area contributed by atoms with Crippen LogP contribution in [0, 0.1) is 17.0 Å². The molecule has 0 spiro atoms. The summed E-state index contributed by atoms with van der Waals surface area (Å²) in [7, 11) is 0. The Kier molecular flexibility index (Phi) is 6.37. The second kappa shape index (κ2) is 9.34. The van der Waals surface area contributed by atoms with Crippen LogP contribution in [-0.2, 0) is 11.3 Å². The van der Waals surface area contributed by atoms with Crippen LogP contribution in [0.2, 0.25) is 0 Å². The van der Waals surface area contributed by atoms with E-state index in [4.69, 9.17) is 9.73 Å². The van der Waals surface area contributed by atoms with Gasteiger partial charge in [0.15, 0.2) is 4.80 Å². The molecule has 1 aliphatic rings. The number of rotatable bonds is 6. The van der Waals surface area contributed by atoms with E-state index in [0.29, 0.717) is 0 Å². The first-order valence-electron chi connectivity index (χ1n) is 9.95. The molecule has 8 heteroatoms. The van der Waals surface area contributed by atoms with Crippen molar-refractivity contribution in [2.45, 2.75) is 13.5 Å². The maximum atomic E-state index is 11.0. The Morgan fingerprint density at radius 3 is 2.60 bits per heavy atom. The number of nitro benzene ring substituents is 1. The predicted octanol–water partition coefficient (Wildman–Crippen LogP) is 4.00. The summed E-state index contributed by atoms with van der Waals surface area (Å²) < 4.78 is 7.67. The summed E-state index contributed by atoms with van der Waals surface area (Å²) in [6.07, 6.45) is 0. The minimum Gasteiger partial charge on any atom is -0.379 e. The van der Waals surface area contributed by atoms with Crippen LogP contribution < -0.4 is 4.80 Å². The molecule has 156 valence electrons. The van der Waals surface area contributed by atoms with Gasteiger partial charge in [-0.3, -0.25) is 15.0 Å². The summed E-state index contributed by atoms with van der Waals surface area (Å²) in [4.78, 5) is 18.8. The van der Waals surface area contributed by atoms with Gasteiger partial charge in [-0.1, -0.05) is 12.1 Å². The fourth-order valence-electron chi connectivity index (χ4n) is 3.49. The van der Waals surface area contributed by atoms with Crippen molar-refractivity contribution in [3.8, 4) is 11.3 Å². The molecule has 3 aromatic rings. The number of nitro groups is 1. The first kappa shape index (κ1) is 20.5. The third-order valence-corrected chi connectivity index (χ3v) is 6.01. The molecular formula is C22H24N4O3S. The first-order valence-corrected chi connectivity index (χ1v) is 10.8. The van der Waals surface area contributed by atoms with Gasteiger partial charge in [0.1, 0.15) is 0 Å². The smallest absolute Gasteiger partial charge is 0.269 e. The molecule has 30 heavy (non-hydrogen) atoms. The largest absolute Gasteiger partial charge is 0.379 e. The number of aryl methyl sites for hydroxylation is 1. The lowest BCUT2D eigenvalue weighted by Crippen LogP contribution is -2.39. The van der Waals surface area contributed by atoms with E-state index in [1.807, 2.05) is 24.3 Å². The molecule has 0 radical (unpaired) electrons. The van der Waals surface area contributed by atoms with Crippen LogP contribution in [-0.4, -0.2) is 47.2 Å². The van der Waals surface area contributed by atoms with Crippen LogP contribution in [0.25, 0.3) is 11.3 Å².